The van der Waals surface area contributed by atoms with Gasteiger partial charge in [0.25, 0.3) is 0 Å². The lowest BCUT2D eigenvalue weighted by molar-refractivity contribution is -0.144. The van der Waals surface area contributed by atoms with Gasteiger partial charge in [-0.05, 0) is 134 Å². The molecular weight excluding hydrogens is 1200 g/mol. The molecule has 2 amide bonds. The first-order valence-corrected chi connectivity index (χ1v) is 41.6. The number of nitrogens with zero attached hydrogens (tertiary/aromatic N) is 2. The van der Waals surface area contributed by atoms with Gasteiger partial charge in [0.05, 0.1) is 19.8 Å². The van der Waals surface area contributed by atoms with Crippen LogP contribution in [0.2, 0.25) is 0 Å². The molecule has 0 unspecified atom stereocenters. The van der Waals surface area contributed by atoms with Crippen LogP contribution in [-0.2, 0) is 43.0 Å². The maximum Gasteiger partial charge on any atom is 0.305 e. The lowest BCUT2D eigenvalue weighted by Crippen LogP contribution is -2.37. The van der Waals surface area contributed by atoms with Crippen LogP contribution in [-0.4, -0.2) is 123 Å². The van der Waals surface area contributed by atoms with E-state index < -0.39 is 5.97 Å². The third-order valence-electron chi connectivity index (χ3n) is 19.9. The van der Waals surface area contributed by atoms with Gasteiger partial charge < -0.3 is 39.8 Å². The van der Waals surface area contributed by atoms with Gasteiger partial charge in [-0.3, -0.25) is 28.8 Å². The number of amides is 2. The van der Waals surface area contributed by atoms with Gasteiger partial charge in [-0.15, -0.1) is 0 Å². The Balaban J connectivity index is 5.05. The Morgan fingerprint density at radius 1 is 0.271 bits per heavy atom. The predicted molar refractivity (Wildman–Crippen MR) is 402 cm³/mol. The normalized spacial score (nSPS) is 11.7. The van der Waals surface area contributed by atoms with E-state index in [-0.39, 0.29) is 49.0 Å². The maximum absolute atomic E-state index is 13.1. The summed E-state index contributed by atoms with van der Waals surface area (Å²) in [4.78, 5) is 79.7. The summed E-state index contributed by atoms with van der Waals surface area (Å²) in [7, 11) is 0. The fourth-order valence-electron chi connectivity index (χ4n) is 13.6. The van der Waals surface area contributed by atoms with Gasteiger partial charge in [0.15, 0.2) is 0 Å². The van der Waals surface area contributed by atoms with Crippen LogP contribution >= 0.6 is 0 Å². The molecule has 3 N–H and O–H groups in total. The molecule has 566 valence electrons. The van der Waals surface area contributed by atoms with E-state index >= 15 is 0 Å². The third kappa shape index (κ3) is 66.6. The highest BCUT2D eigenvalue weighted by atomic mass is 16.5. The van der Waals surface area contributed by atoms with Crippen molar-refractivity contribution in [2.75, 3.05) is 72.2 Å². The number of carbonyl (C=O) groups excluding carboxylic acids is 5. The summed E-state index contributed by atoms with van der Waals surface area (Å²) in [5.74, 6) is 1.14. The van der Waals surface area contributed by atoms with Crippen molar-refractivity contribution in [3.8, 4) is 0 Å². The van der Waals surface area contributed by atoms with Crippen LogP contribution in [0.3, 0.4) is 0 Å². The van der Waals surface area contributed by atoms with Crippen molar-refractivity contribution in [1.82, 2.24) is 20.4 Å². The van der Waals surface area contributed by atoms with Gasteiger partial charge in [0.1, 0.15) is 0 Å². The summed E-state index contributed by atoms with van der Waals surface area (Å²) < 4.78 is 17.0. The van der Waals surface area contributed by atoms with Gasteiger partial charge in [-0.25, -0.2) is 0 Å². The van der Waals surface area contributed by atoms with Crippen molar-refractivity contribution in [2.45, 2.75) is 401 Å². The zero-order valence-corrected chi connectivity index (χ0v) is 64.1. The molecule has 0 heterocycles. The SMILES string of the molecule is CCCCCC(CCCCC)CCCOC(=O)CCCCCCCN(CCCCCCCC(=O)O)CCNC(=O)CCC(=O)NCCN(CCCCCCCC(=O)OCCCC(CCCCC)CCCCC)CCCCCCCC(=O)OCCCC(CCCCC)CCCCC. The Kier molecular flexibility index (Phi) is 70.5. The van der Waals surface area contributed by atoms with E-state index in [0.717, 1.165) is 218 Å². The van der Waals surface area contributed by atoms with Crippen molar-refractivity contribution in [3.63, 3.8) is 0 Å². The molecule has 0 aromatic carbocycles. The van der Waals surface area contributed by atoms with E-state index in [1.807, 2.05) is 0 Å². The molecule has 0 radical (unpaired) electrons. The number of esters is 3. The Bertz CT molecular complexity index is 1670. The summed E-state index contributed by atoms with van der Waals surface area (Å²) in [5.41, 5.74) is 0. The molecule has 0 fully saturated rings. The average Bonchev–Trinajstić information content (AvgIpc) is 3.76. The number of hydrogen-bond acceptors (Lipinski definition) is 11. The average molecular weight is 1360 g/mol. The van der Waals surface area contributed by atoms with Gasteiger partial charge in [-0.2, -0.15) is 0 Å². The van der Waals surface area contributed by atoms with Crippen LogP contribution < -0.4 is 10.6 Å². The van der Waals surface area contributed by atoms with Crippen molar-refractivity contribution < 1.29 is 48.1 Å². The number of unbranched alkanes of at least 4 members (excludes halogenated alkanes) is 28. The first-order chi connectivity index (χ1) is 46.9. The van der Waals surface area contributed by atoms with Crippen LogP contribution in [0.1, 0.15) is 401 Å². The third-order valence-corrected chi connectivity index (χ3v) is 19.9. The van der Waals surface area contributed by atoms with Crippen molar-refractivity contribution in [1.29, 1.82) is 0 Å². The summed E-state index contributed by atoms with van der Waals surface area (Å²) >= 11 is 0. The Morgan fingerprint density at radius 2 is 0.500 bits per heavy atom. The van der Waals surface area contributed by atoms with Gasteiger partial charge in [0.2, 0.25) is 11.8 Å². The largest absolute Gasteiger partial charge is 0.481 e. The molecule has 0 aliphatic heterocycles. The molecule has 0 aromatic rings. The monoisotopic (exact) mass is 1360 g/mol. The molecule has 0 atom stereocenters. The number of nitrogens with one attached hydrogen (secondary N) is 2. The highest BCUT2D eigenvalue weighted by molar-refractivity contribution is 5.83. The summed E-state index contributed by atoms with van der Waals surface area (Å²) in [5, 5.41) is 15.2. The Morgan fingerprint density at radius 3 is 0.750 bits per heavy atom. The number of carbonyl (C=O) groups is 6. The van der Waals surface area contributed by atoms with E-state index in [4.69, 9.17) is 19.3 Å². The number of carboxylic acid groups (broad SMARTS) is 1. The quantitative estimate of drug-likeness (QED) is 0.0298. The number of carboxylic acids is 1. The second-order valence-corrected chi connectivity index (χ2v) is 29.0. The van der Waals surface area contributed by atoms with Crippen molar-refractivity contribution in [2.24, 2.45) is 17.8 Å². The van der Waals surface area contributed by atoms with Crippen LogP contribution in [0.4, 0.5) is 0 Å². The van der Waals surface area contributed by atoms with E-state index in [1.165, 1.54) is 154 Å². The number of aliphatic carboxylic acids is 1. The van der Waals surface area contributed by atoms with Crippen molar-refractivity contribution in [3.05, 3.63) is 0 Å². The minimum atomic E-state index is -0.737. The van der Waals surface area contributed by atoms with Crippen LogP contribution in [0, 0.1) is 17.8 Å². The van der Waals surface area contributed by atoms with Gasteiger partial charge >= 0.3 is 23.9 Å². The Labute approximate surface area is 592 Å². The first-order valence-electron chi connectivity index (χ1n) is 41.6. The molecule has 0 aromatic heterocycles. The molecule has 0 saturated carbocycles. The maximum atomic E-state index is 13.1. The zero-order chi connectivity index (χ0) is 70.3. The molecule has 0 spiro atoms. The molecule has 14 nitrogen and oxygen atoms in total. The fraction of sp³-hybridized carbons (Fsp3) is 0.927. The van der Waals surface area contributed by atoms with Crippen LogP contribution in [0.5, 0.6) is 0 Å². The smallest absolute Gasteiger partial charge is 0.305 e. The summed E-state index contributed by atoms with van der Waals surface area (Å²) in [6, 6.07) is 0. The molecule has 14 heteroatoms. The minimum Gasteiger partial charge on any atom is -0.481 e. The van der Waals surface area contributed by atoms with E-state index in [9.17, 15) is 28.8 Å². The van der Waals surface area contributed by atoms with Gasteiger partial charge in [-0.1, -0.05) is 273 Å². The molecule has 96 heavy (non-hydrogen) atoms. The Hall–Kier alpha value is -3.26. The first kappa shape index (κ1) is 92.7. The molecule has 0 aliphatic rings. The lowest BCUT2D eigenvalue weighted by atomic mass is 9.91. The number of rotatable bonds is 77. The zero-order valence-electron chi connectivity index (χ0n) is 64.1. The van der Waals surface area contributed by atoms with Crippen LogP contribution in [0.25, 0.3) is 0 Å². The number of hydrogen-bond donors (Lipinski definition) is 3. The second-order valence-electron chi connectivity index (χ2n) is 29.0. The molecule has 0 aliphatic carbocycles. The van der Waals surface area contributed by atoms with E-state index in [1.54, 1.807) is 0 Å². The molecule has 0 bridgehead atoms. The molecule has 0 saturated heterocycles. The topological polar surface area (TPSA) is 181 Å². The number of ether oxygens (including phenoxy) is 3. The van der Waals surface area contributed by atoms with E-state index in [0.29, 0.717) is 58.6 Å². The van der Waals surface area contributed by atoms with Gasteiger partial charge in [0, 0.05) is 64.7 Å². The highest BCUT2D eigenvalue weighted by Gasteiger charge is 2.16. The molecule has 0 rings (SSSR count). The summed E-state index contributed by atoms with van der Waals surface area (Å²) in [6.45, 7) is 21.5. The molecular formula is C82H158N4O10. The van der Waals surface area contributed by atoms with Crippen molar-refractivity contribution >= 4 is 35.7 Å². The minimum absolute atomic E-state index is 0.0578. The summed E-state index contributed by atoms with van der Waals surface area (Å²) in [6.07, 6.45) is 59.4. The van der Waals surface area contributed by atoms with Crippen LogP contribution in [0.15, 0.2) is 0 Å². The predicted octanol–water partition coefficient (Wildman–Crippen LogP) is 21.4. The second kappa shape index (κ2) is 73.0. The fourth-order valence-corrected chi connectivity index (χ4v) is 13.6. The van der Waals surface area contributed by atoms with E-state index in [2.05, 4.69) is 62.0 Å². The lowest BCUT2D eigenvalue weighted by Gasteiger charge is -2.23. The highest BCUT2D eigenvalue weighted by Crippen LogP contribution is 2.26. The standard InChI is InChI=1S/C82H158N4O10/c1-7-13-31-48-74(49-32-14-8-2)54-45-71-94-80(91)58-38-24-20-28-42-66-85(65-41-27-19-23-37-57-79(89)90)69-63-83-77(87)61-62-78(88)84-64-70-86(67-43-29-21-25-39-59-81(92)95-72-46-55-75(50-33-15-9-3)51-34-16-10-4)68-44-30-22-26-40-60-82(93)96-73-47-56-76(52-35-17-11-5)53-36-18-12-6/h74-76H,7-73H2,1-6H3,(H,83,87)(H,84,88)(H,89,90).